The molecule has 0 aliphatic carbocycles. The summed E-state index contributed by atoms with van der Waals surface area (Å²) in [6, 6.07) is 13.7. The predicted molar refractivity (Wildman–Crippen MR) is 116 cm³/mol. The summed E-state index contributed by atoms with van der Waals surface area (Å²) in [5, 5.41) is 20.4. The zero-order valence-corrected chi connectivity index (χ0v) is 17.4. The molecule has 0 saturated carbocycles. The number of amides is 1. The van der Waals surface area contributed by atoms with Gasteiger partial charge >= 0.3 is 0 Å². The molecule has 0 spiro atoms. The highest BCUT2D eigenvalue weighted by molar-refractivity contribution is 6.09. The van der Waals surface area contributed by atoms with Crippen LogP contribution in [-0.4, -0.2) is 23.2 Å². The number of anilines is 1. The van der Waals surface area contributed by atoms with Crippen molar-refractivity contribution >= 4 is 11.6 Å². The highest BCUT2D eigenvalue weighted by Gasteiger charge is 2.38. The molecule has 3 aromatic carbocycles. The van der Waals surface area contributed by atoms with E-state index in [1.165, 1.54) is 0 Å². The normalized spacial score (nSPS) is 15.7. The average molecular weight is 387 g/mol. The lowest BCUT2D eigenvalue weighted by Gasteiger charge is -2.17. The summed E-state index contributed by atoms with van der Waals surface area (Å²) in [7, 11) is 1.80. The van der Waals surface area contributed by atoms with Gasteiger partial charge in [0.05, 0.1) is 5.92 Å². The van der Waals surface area contributed by atoms with Crippen molar-refractivity contribution in [3.05, 3.63) is 75.8 Å². The molecule has 0 fully saturated rings. The van der Waals surface area contributed by atoms with Gasteiger partial charge in [0, 0.05) is 18.3 Å². The van der Waals surface area contributed by atoms with Gasteiger partial charge in [-0.15, -0.1) is 0 Å². The van der Waals surface area contributed by atoms with E-state index in [2.05, 4.69) is 0 Å². The average Bonchev–Trinajstić information content (AvgIpc) is 2.94. The number of benzene rings is 3. The third-order valence-electron chi connectivity index (χ3n) is 5.96. The SMILES string of the molecule is Cc1cc(-c2cccc3c2C(c2cc(C)c(O)c(C)c2)C(=O)N3C)cc(C)c1O. The Morgan fingerprint density at radius 3 is 1.90 bits per heavy atom. The second-order valence-corrected chi connectivity index (χ2v) is 8.03. The van der Waals surface area contributed by atoms with Crippen molar-refractivity contribution in [2.75, 3.05) is 11.9 Å². The van der Waals surface area contributed by atoms with Crippen LogP contribution >= 0.6 is 0 Å². The monoisotopic (exact) mass is 387 g/mol. The van der Waals surface area contributed by atoms with Crippen LogP contribution in [-0.2, 0) is 4.79 Å². The van der Waals surface area contributed by atoms with Crippen LogP contribution in [0.15, 0.2) is 42.5 Å². The number of phenols is 2. The van der Waals surface area contributed by atoms with Gasteiger partial charge in [-0.25, -0.2) is 0 Å². The van der Waals surface area contributed by atoms with Crippen molar-refractivity contribution in [2.24, 2.45) is 0 Å². The molecule has 1 amide bonds. The molecule has 3 aromatic rings. The number of likely N-dealkylation sites (N-methyl/N-ethyl adjacent to an activating group) is 1. The molecule has 29 heavy (non-hydrogen) atoms. The van der Waals surface area contributed by atoms with Crippen LogP contribution in [0, 0.1) is 27.7 Å². The predicted octanol–water partition coefficient (Wildman–Crippen LogP) is 5.11. The minimum atomic E-state index is -0.432. The van der Waals surface area contributed by atoms with E-state index in [9.17, 15) is 15.0 Å². The van der Waals surface area contributed by atoms with Gasteiger partial charge in [-0.2, -0.15) is 0 Å². The first-order valence-corrected chi connectivity index (χ1v) is 9.72. The standard InChI is InChI=1S/C25H25NO3/c1-13-9-17(10-14(2)23(13)27)19-7-6-8-20-22(19)21(25(29)26(20)5)18-11-15(3)24(28)16(4)12-18/h6-12,21,27-28H,1-5H3. The van der Waals surface area contributed by atoms with Gasteiger partial charge in [0.15, 0.2) is 0 Å². The Bertz CT molecular complexity index is 1120. The summed E-state index contributed by atoms with van der Waals surface area (Å²) in [4.78, 5) is 15.0. The van der Waals surface area contributed by atoms with E-state index in [0.717, 1.165) is 50.2 Å². The van der Waals surface area contributed by atoms with Gasteiger partial charge < -0.3 is 15.1 Å². The van der Waals surface area contributed by atoms with E-state index >= 15 is 0 Å². The maximum Gasteiger partial charge on any atom is 0.238 e. The lowest BCUT2D eigenvalue weighted by atomic mass is 9.85. The number of aryl methyl sites for hydroxylation is 4. The molecule has 0 bridgehead atoms. The van der Waals surface area contributed by atoms with Crippen LogP contribution in [0.4, 0.5) is 5.69 Å². The fourth-order valence-corrected chi connectivity index (χ4v) is 4.41. The molecule has 1 heterocycles. The Kier molecular flexibility index (Phi) is 4.38. The molecule has 148 valence electrons. The van der Waals surface area contributed by atoms with Crippen LogP contribution < -0.4 is 4.90 Å². The van der Waals surface area contributed by atoms with Gasteiger partial charge in [0.25, 0.3) is 0 Å². The molecule has 4 nitrogen and oxygen atoms in total. The first kappa shape index (κ1) is 19.1. The second kappa shape index (κ2) is 6.66. The summed E-state index contributed by atoms with van der Waals surface area (Å²) in [5.74, 6) is 0.157. The fourth-order valence-electron chi connectivity index (χ4n) is 4.41. The highest BCUT2D eigenvalue weighted by atomic mass is 16.3. The molecule has 0 radical (unpaired) electrons. The largest absolute Gasteiger partial charge is 0.507 e. The van der Waals surface area contributed by atoms with Gasteiger partial charge in [-0.05, 0) is 84.8 Å². The fraction of sp³-hybridized carbons (Fsp3) is 0.240. The molecule has 2 N–H and O–H groups in total. The molecular formula is C25H25NO3. The Morgan fingerprint density at radius 2 is 1.34 bits per heavy atom. The number of hydrogen-bond donors (Lipinski definition) is 2. The summed E-state index contributed by atoms with van der Waals surface area (Å²) >= 11 is 0. The van der Waals surface area contributed by atoms with Crippen molar-refractivity contribution in [1.82, 2.24) is 0 Å². The van der Waals surface area contributed by atoms with Gasteiger partial charge in [0.1, 0.15) is 11.5 Å². The molecule has 1 atom stereocenters. The van der Waals surface area contributed by atoms with E-state index in [0.29, 0.717) is 5.75 Å². The number of nitrogens with zero attached hydrogens (tertiary/aromatic N) is 1. The maximum atomic E-state index is 13.3. The van der Waals surface area contributed by atoms with Crippen LogP contribution in [0.3, 0.4) is 0 Å². The number of hydrogen-bond acceptors (Lipinski definition) is 3. The number of carbonyl (C=O) groups is 1. The van der Waals surface area contributed by atoms with Crippen molar-refractivity contribution in [3.63, 3.8) is 0 Å². The van der Waals surface area contributed by atoms with Crippen molar-refractivity contribution in [1.29, 1.82) is 0 Å². The Morgan fingerprint density at radius 1 is 0.828 bits per heavy atom. The lowest BCUT2D eigenvalue weighted by molar-refractivity contribution is -0.118. The maximum absolute atomic E-state index is 13.3. The van der Waals surface area contributed by atoms with Gasteiger partial charge in [-0.1, -0.05) is 24.3 Å². The number of phenolic OH excluding ortho intramolecular Hbond substituents is 2. The van der Waals surface area contributed by atoms with E-state index in [4.69, 9.17) is 0 Å². The summed E-state index contributed by atoms with van der Waals surface area (Å²) in [6.07, 6.45) is 0. The van der Waals surface area contributed by atoms with Crippen LogP contribution in [0.5, 0.6) is 11.5 Å². The molecule has 1 unspecified atom stereocenters. The third kappa shape index (κ3) is 2.87. The van der Waals surface area contributed by atoms with E-state index in [-0.39, 0.29) is 11.7 Å². The first-order valence-electron chi connectivity index (χ1n) is 9.72. The van der Waals surface area contributed by atoms with Crippen LogP contribution in [0.1, 0.15) is 39.3 Å². The molecule has 4 rings (SSSR count). The summed E-state index contributed by atoms with van der Waals surface area (Å²) in [6.45, 7) is 7.48. The van der Waals surface area contributed by atoms with Gasteiger partial charge in [0.2, 0.25) is 5.91 Å². The third-order valence-corrected chi connectivity index (χ3v) is 5.96. The molecule has 0 aromatic heterocycles. The number of rotatable bonds is 2. The molecule has 1 aliphatic rings. The molecule has 1 aliphatic heterocycles. The molecule has 0 saturated heterocycles. The number of carbonyl (C=O) groups excluding carboxylic acids is 1. The van der Waals surface area contributed by atoms with Crippen molar-refractivity contribution < 1.29 is 15.0 Å². The Labute approximate surface area is 171 Å². The van der Waals surface area contributed by atoms with Crippen LogP contribution in [0.2, 0.25) is 0 Å². The number of aromatic hydroxyl groups is 2. The minimum Gasteiger partial charge on any atom is -0.507 e. The molecular weight excluding hydrogens is 362 g/mol. The summed E-state index contributed by atoms with van der Waals surface area (Å²) < 4.78 is 0. The van der Waals surface area contributed by atoms with E-state index in [1.54, 1.807) is 11.9 Å². The van der Waals surface area contributed by atoms with Crippen molar-refractivity contribution in [2.45, 2.75) is 33.6 Å². The second-order valence-electron chi connectivity index (χ2n) is 8.03. The zero-order chi connectivity index (χ0) is 21.0. The van der Waals surface area contributed by atoms with E-state index in [1.807, 2.05) is 70.2 Å². The first-order chi connectivity index (χ1) is 13.7. The number of fused-ring (bicyclic) bond motifs is 1. The minimum absolute atomic E-state index is 0.0177. The van der Waals surface area contributed by atoms with E-state index < -0.39 is 5.92 Å². The van der Waals surface area contributed by atoms with Crippen LogP contribution in [0.25, 0.3) is 11.1 Å². The lowest BCUT2D eigenvalue weighted by Crippen LogP contribution is -2.24. The van der Waals surface area contributed by atoms with Gasteiger partial charge in [-0.3, -0.25) is 4.79 Å². The topological polar surface area (TPSA) is 60.8 Å². The van der Waals surface area contributed by atoms with Crippen molar-refractivity contribution in [3.8, 4) is 22.6 Å². The summed E-state index contributed by atoms with van der Waals surface area (Å²) in [5.41, 5.74) is 7.85. The molecule has 4 heteroatoms. The quantitative estimate of drug-likeness (QED) is 0.643. The zero-order valence-electron chi connectivity index (χ0n) is 17.4. The Hall–Kier alpha value is -3.27. The smallest absolute Gasteiger partial charge is 0.238 e. The Balaban J connectivity index is 1.98. The highest BCUT2D eigenvalue weighted by Crippen LogP contribution is 2.47.